The summed E-state index contributed by atoms with van der Waals surface area (Å²) in [6.45, 7) is 5.47. The highest BCUT2D eigenvalue weighted by molar-refractivity contribution is 9.11. The first kappa shape index (κ1) is 13.1. The monoisotopic (exact) mass is 316 g/mol. The van der Waals surface area contributed by atoms with Gasteiger partial charge in [-0.1, -0.05) is 13.8 Å². The first-order valence-corrected chi connectivity index (χ1v) is 7.41. The maximum atomic E-state index is 12.1. The number of fused-ring (bicyclic) bond motifs is 1. The Balaban J connectivity index is 2.09. The smallest absolute Gasteiger partial charge is 0.240 e. The van der Waals surface area contributed by atoms with Crippen molar-refractivity contribution in [3.05, 3.63) is 20.3 Å². The molecule has 94 valence electrons. The summed E-state index contributed by atoms with van der Waals surface area (Å²) in [5.41, 5.74) is 7.18. The Morgan fingerprint density at radius 2 is 2.29 bits per heavy atom. The third-order valence-corrected chi connectivity index (χ3v) is 4.89. The minimum atomic E-state index is -0.376. The van der Waals surface area contributed by atoms with Crippen LogP contribution in [0, 0.1) is 5.92 Å². The number of hydrogen-bond donors (Lipinski definition) is 1. The van der Waals surface area contributed by atoms with E-state index in [1.54, 1.807) is 11.3 Å². The Kier molecular flexibility index (Phi) is 3.90. The number of nitrogens with two attached hydrogens (primary N) is 1. The Morgan fingerprint density at radius 3 is 2.94 bits per heavy atom. The van der Waals surface area contributed by atoms with E-state index in [4.69, 9.17) is 5.73 Å². The zero-order valence-electron chi connectivity index (χ0n) is 10.1. The standard InChI is InChI=1S/C12H17BrN2OS/c1-7(2)11(14)12(16)15-4-3-9-8(6-15)5-10(13)17-9/h5,7,11H,3-4,6,14H2,1-2H3. The van der Waals surface area contributed by atoms with Gasteiger partial charge in [-0.25, -0.2) is 0 Å². The van der Waals surface area contributed by atoms with Gasteiger partial charge in [-0.3, -0.25) is 4.79 Å². The fourth-order valence-corrected chi connectivity index (χ4v) is 3.73. The Hall–Kier alpha value is -0.390. The van der Waals surface area contributed by atoms with Crippen LogP contribution >= 0.6 is 27.3 Å². The minimum absolute atomic E-state index is 0.0768. The predicted molar refractivity (Wildman–Crippen MR) is 74.0 cm³/mol. The lowest BCUT2D eigenvalue weighted by atomic mass is 10.0. The van der Waals surface area contributed by atoms with Crippen LogP contribution in [-0.2, 0) is 17.8 Å². The van der Waals surface area contributed by atoms with E-state index < -0.39 is 0 Å². The lowest BCUT2D eigenvalue weighted by Gasteiger charge is -2.30. The van der Waals surface area contributed by atoms with E-state index in [-0.39, 0.29) is 17.9 Å². The summed E-state index contributed by atoms with van der Waals surface area (Å²) in [5.74, 6) is 0.270. The molecule has 2 heterocycles. The molecule has 17 heavy (non-hydrogen) atoms. The quantitative estimate of drug-likeness (QED) is 0.910. The van der Waals surface area contributed by atoms with E-state index >= 15 is 0 Å². The fourth-order valence-electron chi connectivity index (χ4n) is 1.98. The molecular weight excluding hydrogens is 300 g/mol. The molecule has 1 aromatic heterocycles. The van der Waals surface area contributed by atoms with Crippen LogP contribution in [0.1, 0.15) is 24.3 Å². The van der Waals surface area contributed by atoms with Gasteiger partial charge >= 0.3 is 0 Å². The number of thiophene rings is 1. The molecule has 2 rings (SSSR count). The summed E-state index contributed by atoms with van der Waals surface area (Å²) in [7, 11) is 0. The highest BCUT2D eigenvalue weighted by Gasteiger charge is 2.27. The zero-order chi connectivity index (χ0) is 12.6. The highest BCUT2D eigenvalue weighted by Crippen LogP contribution is 2.31. The number of amides is 1. The molecule has 0 saturated heterocycles. The molecule has 2 N–H and O–H groups in total. The van der Waals surface area contributed by atoms with Gasteiger partial charge in [0.2, 0.25) is 5.91 Å². The first-order chi connectivity index (χ1) is 7.99. The first-order valence-electron chi connectivity index (χ1n) is 5.80. The summed E-state index contributed by atoms with van der Waals surface area (Å²) in [6.07, 6.45) is 0.947. The van der Waals surface area contributed by atoms with E-state index in [1.165, 1.54) is 10.4 Å². The molecule has 0 bridgehead atoms. The van der Waals surface area contributed by atoms with Gasteiger partial charge in [0.15, 0.2) is 0 Å². The van der Waals surface area contributed by atoms with Gasteiger partial charge < -0.3 is 10.6 Å². The number of nitrogens with zero attached hydrogens (tertiary/aromatic N) is 1. The molecule has 3 nitrogen and oxygen atoms in total. The second kappa shape index (κ2) is 5.08. The molecule has 0 spiro atoms. The molecule has 1 amide bonds. The number of carbonyl (C=O) groups is 1. The summed E-state index contributed by atoms with van der Waals surface area (Å²) < 4.78 is 1.14. The minimum Gasteiger partial charge on any atom is -0.337 e. The molecule has 1 aliphatic rings. The van der Waals surface area contributed by atoms with Gasteiger partial charge in [0.1, 0.15) is 0 Å². The molecule has 5 heteroatoms. The lowest BCUT2D eigenvalue weighted by molar-refractivity contribution is -0.134. The van der Waals surface area contributed by atoms with Crippen molar-refractivity contribution in [1.82, 2.24) is 4.90 Å². The molecule has 1 aliphatic heterocycles. The Bertz CT molecular complexity index is 430. The maximum Gasteiger partial charge on any atom is 0.240 e. The van der Waals surface area contributed by atoms with Crippen molar-refractivity contribution >= 4 is 33.2 Å². The largest absolute Gasteiger partial charge is 0.337 e. The van der Waals surface area contributed by atoms with Crippen molar-refractivity contribution in [2.75, 3.05) is 6.54 Å². The fraction of sp³-hybridized carbons (Fsp3) is 0.583. The molecule has 1 aromatic rings. The van der Waals surface area contributed by atoms with Crippen LogP contribution in [0.5, 0.6) is 0 Å². The number of hydrogen-bond acceptors (Lipinski definition) is 3. The molecule has 0 saturated carbocycles. The topological polar surface area (TPSA) is 46.3 Å². The van der Waals surface area contributed by atoms with Crippen LogP contribution in [0.25, 0.3) is 0 Å². The second-order valence-corrected chi connectivity index (χ2v) is 7.29. The zero-order valence-corrected chi connectivity index (χ0v) is 12.5. The third-order valence-electron chi connectivity index (χ3n) is 3.15. The molecule has 0 radical (unpaired) electrons. The summed E-state index contributed by atoms with van der Waals surface area (Å²) in [4.78, 5) is 15.4. The number of rotatable bonds is 2. The molecule has 0 aromatic carbocycles. The van der Waals surface area contributed by atoms with Gasteiger partial charge in [0.05, 0.1) is 9.83 Å². The molecule has 0 aliphatic carbocycles. The normalized spacial score (nSPS) is 17.1. The van der Waals surface area contributed by atoms with E-state index in [0.29, 0.717) is 6.54 Å². The van der Waals surface area contributed by atoms with E-state index in [1.807, 2.05) is 18.7 Å². The SMILES string of the molecule is CC(C)C(N)C(=O)N1CCc2sc(Br)cc2C1. The van der Waals surface area contributed by atoms with Crippen molar-refractivity contribution in [2.45, 2.75) is 32.9 Å². The van der Waals surface area contributed by atoms with Crippen molar-refractivity contribution in [3.63, 3.8) is 0 Å². The highest BCUT2D eigenvalue weighted by atomic mass is 79.9. The van der Waals surface area contributed by atoms with Crippen molar-refractivity contribution in [1.29, 1.82) is 0 Å². The van der Waals surface area contributed by atoms with E-state index in [9.17, 15) is 4.79 Å². The van der Waals surface area contributed by atoms with Crippen LogP contribution in [0.2, 0.25) is 0 Å². The van der Waals surface area contributed by atoms with E-state index in [0.717, 1.165) is 16.8 Å². The van der Waals surface area contributed by atoms with Crippen LogP contribution in [0.15, 0.2) is 9.85 Å². The Morgan fingerprint density at radius 1 is 1.59 bits per heavy atom. The summed E-state index contributed by atoms with van der Waals surface area (Å²) in [6, 6.07) is 1.74. The number of carbonyl (C=O) groups excluding carboxylic acids is 1. The number of halogens is 1. The van der Waals surface area contributed by atoms with Crippen molar-refractivity contribution in [2.24, 2.45) is 11.7 Å². The van der Waals surface area contributed by atoms with Crippen LogP contribution < -0.4 is 5.73 Å². The lowest BCUT2D eigenvalue weighted by Crippen LogP contribution is -2.47. The van der Waals surface area contributed by atoms with Gasteiger partial charge in [-0.05, 0) is 39.9 Å². The second-order valence-electron chi connectivity index (χ2n) is 4.78. The summed E-state index contributed by atoms with van der Waals surface area (Å²) >= 11 is 5.26. The van der Waals surface area contributed by atoms with Crippen LogP contribution in [0.4, 0.5) is 0 Å². The average Bonchev–Trinajstić information content (AvgIpc) is 2.65. The predicted octanol–water partition coefficient (Wildman–Crippen LogP) is 2.38. The molecular formula is C12H17BrN2OS. The maximum absolute atomic E-state index is 12.1. The van der Waals surface area contributed by atoms with Gasteiger partial charge in [0, 0.05) is 18.0 Å². The molecule has 1 atom stereocenters. The van der Waals surface area contributed by atoms with Crippen LogP contribution in [0.3, 0.4) is 0 Å². The van der Waals surface area contributed by atoms with Gasteiger partial charge in [-0.2, -0.15) is 0 Å². The molecule has 1 unspecified atom stereocenters. The van der Waals surface area contributed by atoms with Crippen molar-refractivity contribution < 1.29 is 4.79 Å². The summed E-state index contributed by atoms with van der Waals surface area (Å²) in [5, 5.41) is 0. The Labute approximate surface area is 114 Å². The van der Waals surface area contributed by atoms with Gasteiger partial charge in [0.25, 0.3) is 0 Å². The van der Waals surface area contributed by atoms with Crippen LogP contribution in [-0.4, -0.2) is 23.4 Å². The third kappa shape index (κ3) is 2.72. The average molecular weight is 317 g/mol. The van der Waals surface area contributed by atoms with E-state index in [2.05, 4.69) is 22.0 Å². The van der Waals surface area contributed by atoms with Crippen molar-refractivity contribution in [3.8, 4) is 0 Å². The molecule has 0 fully saturated rings. The van der Waals surface area contributed by atoms with Gasteiger partial charge in [-0.15, -0.1) is 11.3 Å².